The summed E-state index contributed by atoms with van der Waals surface area (Å²) in [6.45, 7) is 10.2. The van der Waals surface area contributed by atoms with Gasteiger partial charge in [0.15, 0.2) is 0 Å². The highest BCUT2D eigenvalue weighted by molar-refractivity contribution is 5.27. The minimum absolute atomic E-state index is 0.651. The summed E-state index contributed by atoms with van der Waals surface area (Å²) in [5.41, 5.74) is 8.54. The predicted molar refractivity (Wildman–Crippen MR) is 82.0 cm³/mol. The van der Waals surface area contributed by atoms with Crippen molar-refractivity contribution in [1.29, 1.82) is 0 Å². The molecule has 0 saturated carbocycles. The molecule has 2 N–H and O–H groups in total. The molecule has 2 nitrogen and oxygen atoms in total. The van der Waals surface area contributed by atoms with Gasteiger partial charge in [0, 0.05) is 25.7 Å². The average molecular weight is 260 g/mol. The summed E-state index contributed by atoms with van der Waals surface area (Å²) in [5, 5.41) is 0. The maximum absolute atomic E-state index is 5.82. The third kappa shape index (κ3) is 3.58. The predicted octanol–water partition coefficient (Wildman–Crippen LogP) is 3.05. The van der Waals surface area contributed by atoms with Crippen LogP contribution in [0.15, 0.2) is 24.3 Å². The third-order valence-corrected chi connectivity index (χ3v) is 4.73. The average Bonchev–Trinajstić information content (AvgIpc) is 2.41. The maximum Gasteiger partial charge on any atom is 0.0180 e. The molecule has 0 aliphatic carbocycles. The minimum Gasteiger partial charge on any atom is -0.326 e. The van der Waals surface area contributed by atoms with Crippen LogP contribution >= 0.6 is 0 Å². The van der Waals surface area contributed by atoms with E-state index in [1.165, 1.54) is 24.1 Å². The third-order valence-electron chi connectivity index (χ3n) is 4.73. The van der Waals surface area contributed by atoms with E-state index in [1.54, 1.807) is 0 Å². The molecule has 1 aromatic rings. The SMILES string of the molecule is CC1CC(C)C(C)N(CCc2ccccc2CN)C1. The minimum atomic E-state index is 0.651. The molecule has 0 aromatic heterocycles. The van der Waals surface area contributed by atoms with Crippen molar-refractivity contribution < 1.29 is 0 Å². The van der Waals surface area contributed by atoms with E-state index in [-0.39, 0.29) is 0 Å². The fourth-order valence-electron chi connectivity index (χ4n) is 3.39. The molecule has 1 aromatic carbocycles. The van der Waals surface area contributed by atoms with Crippen molar-refractivity contribution in [3.05, 3.63) is 35.4 Å². The van der Waals surface area contributed by atoms with Crippen LogP contribution in [-0.4, -0.2) is 24.0 Å². The summed E-state index contributed by atoms with van der Waals surface area (Å²) >= 11 is 0. The van der Waals surface area contributed by atoms with Gasteiger partial charge in [-0.15, -0.1) is 0 Å². The van der Waals surface area contributed by atoms with Crippen molar-refractivity contribution in [3.63, 3.8) is 0 Å². The first-order valence-corrected chi connectivity index (χ1v) is 7.62. The van der Waals surface area contributed by atoms with Gasteiger partial charge in [-0.1, -0.05) is 38.1 Å². The molecule has 0 radical (unpaired) electrons. The van der Waals surface area contributed by atoms with Crippen molar-refractivity contribution in [2.24, 2.45) is 17.6 Å². The Kier molecular flexibility index (Phi) is 5.00. The maximum atomic E-state index is 5.82. The van der Waals surface area contributed by atoms with Gasteiger partial charge in [-0.05, 0) is 42.7 Å². The van der Waals surface area contributed by atoms with E-state index in [0.717, 1.165) is 24.8 Å². The van der Waals surface area contributed by atoms with E-state index in [1.807, 2.05) is 0 Å². The Labute approximate surface area is 118 Å². The lowest BCUT2D eigenvalue weighted by Gasteiger charge is -2.41. The highest BCUT2D eigenvalue weighted by Crippen LogP contribution is 2.27. The second kappa shape index (κ2) is 6.53. The van der Waals surface area contributed by atoms with Crippen molar-refractivity contribution >= 4 is 0 Å². The van der Waals surface area contributed by atoms with Gasteiger partial charge in [0.2, 0.25) is 0 Å². The van der Waals surface area contributed by atoms with Crippen molar-refractivity contribution in [1.82, 2.24) is 4.90 Å². The van der Waals surface area contributed by atoms with Gasteiger partial charge >= 0.3 is 0 Å². The molecule has 1 aliphatic rings. The molecule has 1 saturated heterocycles. The Balaban J connectivity index is 1.97. The fraction of sp³-hybridized carbons (Fsp3) is 0.647. The Morgan fingerprint density at radius 1 is 1.16 bits per heavy atom. The van der Waals surface area contributed by atoms with E-state index in [4.69, 9.17) is 5.73 Å². The normalized spacial score (nSPS) is 28.5. The molecule has 0 bridgehead atoms. The highest BCUT2D eigenvalue weighted by Gasteiger charge is 2.28. The number of benzene rings is 1. The Morgan fingerprint density at radius 3 is 2.53 bits per heavy atom. The van der Waals surface area contributed by atoms with Crippen LogP contribution < -0.4 is 5.73 Å². The van der Waals surface area contributed by atoms with Crippen molar-refractivity contribution in [2.45, 2.75) is 46.2 Å². The molecular weight excluding hydrogens is 232 g/mol. The van der Waals surface area contributed by atoms with E-state index in [0.29, 0.717) is 12.6 Å². The number of nitrogens with zero attached hydrogens (tertiary/aromatic N) is 1. The first kappa shape index (κ1) is 14.5. The summed E-state index contributed by atoms with van der Waals surface area (Å²) in [4.78, 5) is 2.66. The molecule has 1 fully saturated rings. The Morgan fingerprint density at radius 2 is 1.84 bits per heavy atom. The molecular formula is C17H28N2. The van der Waals surface area contributed by atoms with Gasteiger partial charge in [0.05, 0.1) is 0 Å². The fourth-order valence-corrected chi connectivity index (χ4v) is 3.39. The van der Waals surface area contributed by atoms with Gasteiger partial charge in [-0.2, -0.15) is 0 Å². The topological polar surface area (TPSA) is 29.3 Å². The van der Waals surface area contributed by atoms with Crippen LogP contribution in [-0.2, 0) is 13.0 Å². The number of nitrogens with two attached hydrogens (primary N) is 1. The first-order valence-electron chi connectivity index (χ1n) is 7.62. The quantitative estimate of drug-likeness (QED) is 0.901. The highest BCUT2D eigenvalue weighted by atomic mass is 15.2. The second-order valence-electron chi connectivity index (χ2n) is 6.28. The van der Waals surface area contributed by atoms with Gasteiger partial charge in [-0.3, -0.25) is 4.90 Å². The lowest BCUT2D eigenvalue weighted by molar-refractivity contribution is 0.0809. The zero-order valence-corrected chi connectivity index (χ0v) is 12.6. The summed E-state index contributed by atoms with van der Waals surface area (Å²) in [7, 11) is 0. The van der Waals surface area contributed by atoms with Crippen LogP contribution in [0.2, 0.25) is 0 Å². The van der Waals surface area contributed by atoms with Crippen LogP contribution in [0.25, 0.3) is 0 Å². The summed E-state index contributed by atoms with van der Waals surface area (Å²) in [6, 6.07) is 9.30. The number of hydrogen-bond acceptors (Lipinski definition) is 2. The lowest BCUT2D eigenvalue weighted by Crippen LogP contribution is -2.46. The van der Waals surface area contributed by atoms with E-state index >= 15 is 0 Å². The van der Waals surface area contributed by atoms with Crippen LogP contribution in [0.5, 0.6) is 0 Å². The lowest BCUT2D eigenvalue weighted by atomic mass is 9.86. The van der Waals surface area contributed by atoms with Gasteiger partial charge < -0.3 is 5.73 Å². The number of piperidine rings is 1. The second-order valence-corrected chi connectivity index (χ2v) is 6.28. The molecule has 0 amide bonds. The van der Waals surface area contributed by atoms with Crippen molar-refractivity contribution in [2.75, 3.05) is 13.1 Å². The molecule has 3 atom stereocenters. The first-order chi connectivity index (χ1) is 9.11. The van der Waals surface area contributed by atoms with Gasteiger partial charge in [0.1, 0.15) is 0 Å². The zero-order valence-electron chi connectivity index (χ0n) is 12.6. The summed E-state index contributed by atoms with van der Waals surface area (Å²) < 4.78 is 0. The number of likely N-dealkylation sites (tertiary alicyclic amines) is 1. The molecule has 19 heavy (non-hydrogen) atoms. The van der Waals surface area contributed by atoms with Crippen LogP contribution in [0.1, 0.15) is 38.3 Å². The smallest absolute Gasteiger partial charge is 0.0180 e. The summed E-state index contributed by atoms with van der Waals surface area (Å²) in [6.07, 6.45) is 2.49. The van der Waals surface area contributed by atoms with Crippen molar-refractivity contribution in [3.8, 4) is 0 Å². The van der Waals surface area contributed by atoms with Crippen LogP contribution in [0, 0.1) is 11.8 Å². The van der Waals surface area contributed by atoms with Gasteiger partial charge in [-0.25, -0.2) is 0 Å². The number of rotatable bonds is 4. The Bertz CT molecular complexity index is 402. The Hall–Kier alpha value is -0.860. The van der Waals surface area contributed by atoms with E-state index in [9.17, 15) is 0 Å². The molecule has 0 spiro atoms. The summed E-state index contributed by atoms with van der Waals surface area (Å²) in [5.74, 6) is 1.64. The standard InChI is InChI=1S/C17H28N2/c1-13-10-14(2)15(3)19(12-13)9-8-16-6-4-5-7-17(16)11-18/h4-7,13-15H,8-12,18H2,1-3H3. The van der Waals surface area contributed by atoms with E-state index in [2.05, 4.69) is 49.9 Å². The molecule has 1 aliphatic heterocycles. The number of hydrogen-bond donors (Lipinski definition) is 1. The van der Waals surface area contributed by atoms with Gasteiger partial charge in [0.25, 0.3) is 0 Å². The monoisotopic (exact) mass is 260 g/mol. The molecule has 1 heterocycles. The largest absolute Gasteiger partial charge is 0.326 e. The molecule has 106 valence electrons. The molecule has 2 rings (SSSR count). The molecule has 3 unspecified atom stereocenters. The molecule has 2 heteroatoms. The van der Waals surface area contributed by atoms with Crippen LogP contribution in [0.4, 0.5) is 0 Å². The van der Waals surface area contributed by atoms with Crippen LogP contribution in [0.3, 0.4) is 0 Å². The zero-order chi connectivity index (χ0) is 13.8. The van der Waals surface area contributed by atoms with E-state index < -0.39 is 0 Å².